The summed E-state index contributed by atoms with van der Waals surface area (Å²) in [5, 5.41) is 16.6. The van der Waals surface area contributed by atoms with E-state index < -0.39 is 0 Å². The molecule has 2 aromatic rings. The number of methoxy groups -OCH3 is 1. The van der Waals surface area contributed by atoms with Gasteiger partial charge in [-0.2, -0.15) is 5.10 Å². The number of quaternary nitrogens is 1. The highest BCUT2D eigenvalue weighted by Crippen LogP contribution is 2.26. The summed E-state index contributed by atoms with van der Waals surface area (Å²) in [6.07, 6.45) is 0. The Hall–Kier alpha value is -2.53. The molecule has 0 aliphatic carbocycles. The third-order valence-corrected chi connectivity index (χ3v) is 4.91. The highest BCUT2D eigenvalue weighted by molar-refractivity contribution is 5.99. The van der Waals surface area contributed by atoms with Crippen LogP contribution in [0.5, 0.6) is 11.5 Å². The maximum Gasteiger partial charge on any atom is 0.161 e. The van der Waals surface area contributed by atoms with Crippen LogP contribution in [-0.2, 0) is 6.54 Å². The predicted molar refractivity (Wildman–Crippen MR) is 104 cm³/mol. The Kier molecular flexibility index (Phi) is 5.78. The Bertz CT molecular complexity index is 763. The molecule has 2 aromatic carbocycles. The number of hydrogen-bond donors (Lipinski definition) is 2. The van der Waals surface area contributed by atoms with Crippen molar-refractivity contribution in [3.8, 4) is 11.5 Å². The van der Waals surface area contributed by atoms with Crippen molar-refractivity contribution in [1.82, 2.24) is 5.01 Å². The molecule has 0 amide bonds. The average molecular weight is 354 g/mol. The molecule has 1 aliphatic rings. The molecule has 26 heavy (non-hydrogen) atoms. The standard InChI is InChI=1S/C21H27N3O2/c1-16-4-6-18(7-5-16)15-23-10-12-24(13-11-23)22-17(2)19-8-9-20(25)21(14-19)26-3/h4-9,14,25H,10-13,15H2,1-3H3/p+1/b22-17+. The van der Waals surface area contributed by atoms with Crippen LogP contribution in [0.1, 0.15) is 23.6 Å². The van der Waals surface area contributed by atoms with E-state index in [1.165, 1.54) is 11.1 Å². The van der Waals surface area contributed by atoms with Gasteiger partial charge in [-0.05, 0) is 32.0 Å². The molecule has 5 heteroatoms. The number of aryl methyl sites for hydroxylation is 1. The Labute approximate surface area is 155 Å². The topological polar surface area (TPSA) is 49.5 Å². The summed E-state index contributed by atoms with van der Waals surface area (Å²) in [4.78, 5) is 1.60. The largest absolute Gasteiger partial charge is 0.504 e. The first kappa shape index (κ1) is 18.3. The molecular formula is C21H28N3O2+. The van der Waals surface area contributed by atoms with Crippen molar-refractivity contribution in [3.05, 3.63) is 59.2 Å². The Morgan fingerprint density at radius 2 is 1.85 bits per heavy atom. The maximum atomic E-state index is 9.73. The van der Waals surface area contributed by atoms with Gasteiger partial charge < -0.3 is 14.7 Å². The molecule has 5 nitrogen and oxygen atoms in total. The number of phenolic OH excluding ortho intramolecular Hbond substituents is 1. The summed E-state index contributed by atoms with van der Waals surface area (Å²) in [6.45, 7) is 9.28. The summed E-state index contributed by atoms with van der Waals surface area (Å²) in [6, 6.07) is 14.2. The Morgan fingerprint density at radius 3 is 2.50 bits per heavy atom. The van der Waals surface area contributed by atoms with E-state index in [-0.39, 0.29) is 5.75 Å². The zero-order chi connectivity index (χ0) is 18.5. The van der Waals surface area contributed by atoms with E-state index in [0.29, 0.717) is 5.75 Å². The SMILES string of the molecule is COc1cc(/C(C)=N/N2CC[NH+](Cc3ccc(C)cc3)CC2)ccc1O. The molecule has 0 atom stereocenters. The molecule has 0 saturated carbocycles. The van der Waals surface area contributed by atoms with E-state index in [9.17, 15) is 5.11 Å². The quantitative estimate of drug-likeness (QED) is 0.806. The second kappa shape index (κ2) is 8.23. The smallest absolute Gasteiger partial charge is 0.161 e. The molecule has 138 valence electrons. The van der Waals surface area contributed by atoms with Gasteiger partial charge in [-0.3, -0.25) is 5.01 Å². The van der Waals surface area contributed by atoms with E-state index >= 15 is 0 Å². The van der Waals surface area contributed by atoms with Crippen LogP contribution in [-0.4, -0.2) is 49.1 Å². The van der Waals surface area contributed by atoms with Crippen LogP contribution < -0.4 is 9.64 Å². The Morgan fingerprint density at radius 1 is 1.15 bits per heavy atom. The average Bonchev–Trinajstić information content (AvgIpc) is 2.65. The zero-order valence-electron chi connectivity index (χ0n) is 15.8. The van der Waals surface area contributed by atoms with E-state index in [1.54, 1.807) is 18.1 Å². The molecule has 0 bridgehead atoms. The van der Waals surface area contributed by atoms with Gasteiger partial charge in [0.1, 0.15) is 6.54 Å². The van der Waals surface area contributed by atoms with Crippen LogP contribution in [0.2, 0.25) is 0 Å². The van der Waals surface area contributed by atoms with E-state index in [4.69, 9.17) is 9.84 Å². The molecule has 0 unspecified atom stereocenters. The van der Waals surface area contributed by atoms with E-state index in [2.05, 4.69) is 36.2 Å². The highest BCUT2D eigenvalue weighted by atomic mass is 16.5. The summed E-state index contributed by atoms with van der Waals surface area (Å²) < 4.78 is 5.18. The first-order valence-corrected chi connectivity index (χ1v) is 9.12. The van der Waals surface area contributed by atoms with Gasteiger partial charge >= 0.3 is 0 Å². The molecule has 1 heterocycles. The lowest BCUT2D eigenvalue weighted by molar-refractivity contribution is -0.918. The van der Waals surface area contributed by atoms with Crippen molar-refractivity contribution in [2.24, 2.45) is 5.10 Å². The summed E-state index contributed by atoms with van der Waals surface area (Å²) in [7, 11) is 1.56. The number of rotatable bonds is 5. The molecular weight excluding hydrogens is 326 g/mol. The van der Waals surface area contributed by atoms with Crippen molar-refractivity contribution in [3.63, 3.8) is 0 Å². The fourth-order valence-corrected chi connectivity index (χ4v) is 3.26. The van der Waals surface area contributed by atoms with Crippen molar-refractivity contribution in [2.75, 3.05) is 33.3 Å². The maximum absolute atomic E-state index is 9.73. The van der Waals surface area contributed by atoms with E-state index in [1.807, 2.05) is 19.1 Å². The fraction of sp³-hybridized carbons (Fsp3) is 0.381. The summed E-state index contributed by atoms with van der Waals surface area (Å²) in [5.41, 5.74) is 4.61. The second-order valence-electron chi connectivity index (χ2n) is 6.94. The number of hydrazone groups is 1. The van der Waals surface area contributed by atoms with Gasteiger partial charge in [0.25, 0.3) is 0 Å². The number of benzene rings is 2. The molecule has 0 radical (unpaired) electrons. The number of aromatic hydroxyl groups is 1. The third-order valence-electron chi connectivity index (χ3n) is 4.91. The van der Waals surface area contributed by atoms with Crippen molar-refractivity contribution in [2.45, 2.75) is 20.4 Å². The molecule has 0 spiro atoms. The van der Waals surface area contributed by atoms with Gasteiger partial charge in [-0.15, -0.1) is 0 Å². The summed E-state index contributed by atoms with van der Waals surface area (Å²) in [5.74, 6) is 0.627. The van der Waals surface area contributed by atoms with Crippen molar-refractivity contribution < 1.29 is 14.7 Å². The lowest BCUT2D eigenvalue weighted by Gasteiger charge is -2.31. The monoisotopic (exact) mass is 354 g/mol. The zero-order valence-corrected chi connectivity index (χ0v) is 15.8. The van der Waals surface area contributed by atoms with Crippen molar-refractivity contribution in [1.29, 1.82) is 0 Å². The van der Waals surface area contributed by atoms with Gasteiger partial charge in [0, 0.05) is 11.1 Å². The number of nitrogens with one attached hydrogen (secondary N) is 1. The Balaban J connectivity index is 1.57. The number of hydrogen-bond acceptors (Lipinski definition) is 4. The molecule has 0 aromatic heterocycles. The number of piperazine rings is 1. The van der Waals surface area contributed by atoms with Crippen LogP contribution in [0, 0.1) is 6.92 Å². The number of phenols is 1. The number of ether oxygens (including phenoxy) is 1. The lowest BCUT2D eigenvalue weighted by atomic mass is 10.1. The van der Waals surface area contributed by atoms with Crippen LogP contribution in [0.4, 0.5) is 0 Å². The highest BCUT2D eigenvalue weighted by Gasteiger charge is 2.19. The van der Waals surface area contributed by atoms with Crippen LogP contribution in [0.25, 0.3) is 0 Å². The second-order valence-corrected chi connectivity index (χ2v) is 6.94. The van der Waals surface area contributed by atoms with Crippen molar-refractivity contribution >= 4 is 5.71 Å². The minimum Gasteiger partial charge on any atom is -0.504 e. The van der Waals surface area contributed by atoms with Gasteiger partial charge in [0.05, 0.1) is 39.0 Å². The minimum absolute atomic E-state index is 0.150. The molecule has 3 rings (SSSR count). The normalized spacial score (nSPS) is 16.0. The van der Waals surface area contributed by atoms with Crippen LogP contribution >= 0.6 is 0 Å². The van der Waals surface area contributed by atoms with Gasteiger partial charge in [0.15, 0.2) is 11.5 Å². The van der Waals surface area contributed by atoms with Gasteiger partial charge in [-0.25, -0.2) is 0 Å². The first-order valence-electron chi connectivity index (χ1n) is 9.12. The molecule has 1 saturated heterocycles. The van der Waals surface area contributed by atoms with Crippen LogP contribution in [0.15, 0.2) is 47.6 Å². The molecule has 1 aliphatic heterocycles. The third kappa shape index (κ3) is 4.55. The minimum atomic E-state index is 0.150. The van der Waals surface area contributed by atoms with Gasteiger partial charge in [-0.1, -0.05) is 29.8 Å². The van der Waals surface area contributed by atoms with E-state index in [0.717, 1.165) is 44.0 Å². The van der Waals surface area contributed by atoms with Crippen LogP contribution in [0.3, 0.4) is 0 Å². The first-order chi connectivity index (χ1) is 12.5. The fourth-order valence-electron chi connectivity index (χ4n) is 3.26. The van der Waals surface area contributed by atoms with Gasteiger partial charge in [0.2, 0.25) is 0 Å². The molecule has 2 N–H and O–H groups in total. The lowest BCUT2D eigenvalue weighted by Crippen LogP contribution is -3.13. The molecule has 1 fully saturated rings. The predicted octanol–water partition coefficient (Wildman–Crippen LogP) is 1.83. The summed E-state index contributed by atoms with van der Waals surface area (Å²) >= 11 is 0. The number of nitrogens with zero attached hydrogens (tertiary/aromatic N) is 2.